The van der Waals surface area contributed by atoms with E-state index in [0.717, 1.165) is 10.7 Å². The number of hydrogen-bond donors (Lipinski definition) is 0. The van der Waals surface area contributed by atoms with Crippen LogP contribution in [0.25, 0.3) is 5.65 Å². The molecular formula is C7H7N3S. The maximum Gasteiger partial charge on any atom is 0.140 e. The molecule has 0 aliphatic heterocycles. The molecule has 0 bridgehead atoms. The summed E-state index contributed by atoms with van der Waals surface area (Å²) in [5.41, 5.74) is 0.948. The van der Waals surface area contributed by atoms with Gasteiger partial charge in [-0.3, -0.25) is 4.40 Å². The van der Waals surface area contributed by atoms with Gasteiger partial charge in [0.25, 0.3) is 0 Å². The molecule has 0 saturated carbocycles. The SMILES string of the molecule is CSc1cc2nccn2cn1. The van der Waals surface area contributed by atoms with Crippen molar-refractivity contribution in [2.45, 2.75) is 5.03 Å². The molecule has 0 aliphatic carbocycles. The number of rotatable bonds is 1. The number of nitrogens with zero attached hydrogens (tertiary/aromatic N) is 3. The molecule has 0 spiro atoms. The molecular weight excluding hydrogens is 158 g/mol. The quantitative estimate of drug-likeness (QED) is 0.473. The smallest absolute Gasteiger partial charge is 0.140 e. The van der Waals surface area contributed by atoms with Crippen molar-refractivity contribution in [3.8, 4) is 0 Å². The lowest BCUT2D eigenvalue weighted by Gasteiger charge is -1.94. The van der Waals surface area contributed by atoms with Crippen molar-refractivity contribution < 1.29 is 0 Å². The lowest BCUT2D eigenvalue weighted by molar-refractivity contribution is 1.01. The van der Waals surface area contributed by atoms with Crippen LogP contribution in [0.4, 0.5) is 0 Å². The van der Waals surface area contributed by atoms with Crippen molar-refractivity contribution in [2.75, 3.05) is 6.26 Å². The van der Waals surface area contributed by atoms with E-state index in [1.165, 1.54) is 0 Å². The van der Waals surface area contributed by atoms with Crippen LogP contribution in [0.3, 0.4) is 0 Å². The second-order valence-corrected chi connectivity index (χ2v) is 2.95. The fraction of sp³-hybridized carbons (Fsp3) is 0.143. The maximum absolute atomic E-state index is 4.18. The van der Waals surface area contributed by atoms with Crippen molar-refractivity contribution in [3.05, 3.63) is 24.8 Å². The summed E-state index contributed by atoms with van der Waals surface area (Å²) in [7, 11) is 0. The monoisotopic (exact) mass is 165 g/mol. The van der Waals surface area contributed by atoms with Crippen molar-refractivity contribution >= 4 is 17.4 Å². The minimum Gasteiger partial charge on any atom is -0.290 e. The van der Waals surface area contributed by atoms with Crippen molar-refractivity contribution in [3.63, 3.8) is 0 Å². The van der Waals surface area contributed by atoms with Crippen LogP contribution in [0.2, 0.25) is 0 Å². The van der Waals surface area contributed by atoms with Crippen LogP contribution in [-0.2, 0) is 0 Å². The van der Waals surface area contributed by atoms with Crippen LogP contribution in [0, 0.1) is 0 Å². The molecule has 56 valence electrons. The summed E-state index contributed by atoms with van der Waals surface area (Å²) in [5, 5.41) is 1.00. The Kier molecular flexibility index (Phi) is 1.54. The average Bonchev–Trinajstić information content (AvgIpc) is 2.50. The summed E-state index contributed by atoms with van der Waals surface area (Å²) < 4.78 is 1.89. The number of thioether (sulfide) groups is 1. The van der Waals surface area contributed by atoms with Gasteiger partial charge >= 0.3 is 0 Å². The number of aromatic nitrogens is 3. The van der Waals surface area contributed by atoms with Gasteiger partial charge in [0, 0.05) is 18.5 Å². The average molecular weight is 165 g/mol. The second-order valence-electron chi connectivity index (χ2n) is 2.12. The van der Waals surface area contributed by atoms with Gasteiger partial charge in [0.1, 0.15) is 17.0 Å². The standard InChI is InChI=1S/C7H7N3S/c1-11-7-4-6-8-2-3-10(6)5-9-7/h2-5H,1H3. The molecule has 2 aromatic heterocycles. The van der Waals surface area contributed by atoms with Gasteiger partial charge in [0.2, 0.25) is 0 Å². The zero-order valence-electron chi connectivity index (χ0n) is 6.06. The van der Waals surface area contributed by atoms with Crippen LogP contribution >= 0.6 is 11.8 Å². The van der Waals surface area contributed by atoms with Crippen LogP contribution in [0.1, 0.15) is 0 Å². The molecule has 0 aromatic carbocycles. The van der Waals surface area contributed by atoms with E-state index in [9.17, 15) is 0 Å². The van der Waals surface area contributed by atoms with Crippen molar-refractivity contribution in [2.24, 2.45) is 0 Å². The third kappa shape index (κ3) is 1.09. The first-order valence-electron chi connectivity index (χ1n) is 3.23. The highest BCUT2D eigenvalue weighted by atomic mass is 32.2. The Balaban J connectivity index is 2.67. The van der Waals surface area contributed by atoms with Gasteiger partial charge in [0.05, 0.1) is 0 Å². The van der Waals surface area contributed by atoms with Crippen LogP contribution < -0.4 is 0 Å². The molecule has 2 rings (SSSR count). The highest BCUT2D eigenvalue weighted by molar-refractivity contribution is 7.98. The summed E-state index contributed by atoms with van der Waals surface area (Å²) >= 11 is 1.62. The lowest BCUT2D eigenvalue weighted by Crippen LogP contribution is -1.86. The minimum atomic E-state index is 0.948. The Morgan fingerprint density at radius 3 is 3.18 bits per heavy atom. The fourth-order valence-electron chi connectivity index (χ4n) is 0.912. The van der Waals surface area contributed by atoms with E-state index < -0.39 is 0 Å². The fourth-order valence-corrected chi connectivity index (χ4v) is 1.29. The Morgan fingerprint density at radius 2 is 2.36 bits per heavy atom. The second kappa shape index (κ2) is 2.54. The molecule has 0 amide bonds. The first-order chi connectivity index (χ1) is 5.40. The van der Waals surface area contributed by atoms with Crippen LogP contribution in [0.5, 0.6) is 0 Å². The summed E-state index contributed by atoms with van der Waals surface area (Å²) in [6, 6.07) is 1.96. The predicted molar refractivity (Wildman–Crippen MR) is 44.8 cm³/mol. The first-order valence-corrected chi connectivity index (χ1v) is 4.45. The molecule has 4 heteroatoms. The molecule has 0 N–H and O–H groups in total. The number of hydrogen-bond acceptors (Lipinski definition) is 3. The summed E-state index contributed by atoms with van der Waals surface area (Å²) in [4.78, 5) is 8.32. The molecule has 0 aliphatic rings. The van der Waals surface area contributed by atoms with E-state index in [1.807, 2.05) is 22.9 Å². The zero-order valence-corrected chi connectivity index (χ0v) is 6.88. The Bertz CT molecular complexity index is 368. The third-order valence-electron chi connectivity index (χ3n) is 1.47. The van der Waals surface area contributed by atoms with E-state index in [4.69, 9.17) is 0 Å². The number of fused-ring (bicyclic) bond motifs is 1. The molecule has 0 atom stereocenters. The van der Waals surface area contributed by atoms with Gasteiger partial charge in [-0.15, -0.1) is 11.8 Å². The molecule has 0 saturated heterocycles. The van der Waals surface area contributed by atoms with Gasteiger partial charge in [-0.2, -0.15) is 0 Å². The van der Waals surface area contributed by atoms with Crippen molar-refractivity contribution in [1.82, 2.24) is 14.4 Å². The molecule has 0 unspecified atom stereocenters. The maximum atomic E-state index is 4.18. The largest absolute Gasteiger partial charge is 0.290 e. The Morgan fingerprint density at radius 1 is 1.45 bits per heavy atom. The van der Waals surface area contributed by atoms with Gasteiger partial charge in [-0.25, -0.2) is 9.97 Å². The van der Waals surface area contributed by atoms with Gasteiger partial charge in [0.15, 0.2) is 0 Å². The zero-order chi connectivity index (χ0) is 7.68. The summed E-state index contributed by atoms with van der Waals surface area (Å²) in [6.07, 6.45) is 7.42. The Labute approximate surface area is 68.5 Å². The third-order valence-corrected chi connectivity index (χ3v) is 2.11. The minimum absolute atomic E-state index is 0.948. The van der Waals surface area contributed by atoms with Gasteiger partial charge in [-0.05, 0) is 6.26 Å². The van der Waals surface area contributed by atoms with E-state index in [0.29, 0.717) is 0 Å². The highest BCUT2D eigenvalue weighted by Crippen LogP contribution is 2.11. The summed E-state index contributed by atoms with van der Waals surface area (Å²) in [5.74, 6) is 0. The predicted octanol–water partition coefficient (Wildman–Crippen LogP) is 1.45. The van der Waals surface area contributed by atoms with E-state index in [1.54, 1.807) is 24.3 Å². The normalized spacial score (nSPS) is 10.6. The lowest BCUT2D eigenvalue weighted by atomic mass is 10.6. The van der Waals surface area contributed by atoms with Gasteiger partial charge < -0.3 is 0 Å². The van der Waals surface area contributed by atoms with E-state index in [2.05, 4.69) is 9.97 Å². The van der Waals surface area contributed by atoms with Gasteiger partial charge in [-0.1, -0.05) is 0 Å². The molecule has 2 aromatic rings. The number of imidazole rings is 1. The molecule has 3 nitrogen and oxygen atoms in total. The van der Waals surface area contributed by atoms with E-state index >= 15 is 0 Å². The first kappa shape index (κ1) is 6.67. The topological polar surface area (TPSA) is 30.2 Å². The summed E-state index contributed by atoms with van der Waals surface area (Å²) in [6.45, 7) is 0. The molecule has 2 heterocycles. The Hall–Kier alpha value is -1.03. The van der Waals surface area contributed by atoms with Crippen LogP contribution in [-0.4, -0.2) is 20.6 Å². The van der Waals surface area contributed by atoms with Crippen LogP contribution in [0.15, 0.2) is 29.8 Å². The molecule has 11 heavy (non-hydrogen) atoms. The van der Waals surface area contributed by atoms with Crippen molar-refractivity contribution in [1.29, 1.82) is 0 Å². The highest BCUT2D eigenvalue weighted by Gasteiger charge is 1.95. The molecule has 0 fully saturated rings. The molecule has 0 radical (unpaired) electrons. The van der Waals surface area contributed by atoms with E-state index in [-0.39, 0.29) is 0 Å².